The van der Waals surface area contributed by atoms with Gasteiger partial charge in [0.25, 0.3) is 0 Å². The number of rotatable bonds is 1. The topological polar surface area (TPSA) is 54.7 Å². The number of aryl methyl sites for hydroxylation is 2. The van der Waals surface area contributed by atoms with Crippen LogP contribution in [-0.2, 0) is 0 Å². The summed E-state index contributed by atoms with van der Waals surface area (Å²) in [6, 6.07) is 8.83. The second-order valence-corrected chi connectivity index (χ2v) is 4.76. The van der Waals surface area contributed by atoms with Crippen molar-refractivity contribution in [2.75, 3.05) is 5.73 Å². The molecule has 0 aliphatic carbocycles. The minimum Gasteiger partial charge on any atom is -0.396 e. The molecule has 0 amide bonds. The Bertz CT molecular complexity index is 774. The predicted molar refractivity (Wildman–Crippen MR) is 75.4 cm³/mol. The normalized spacial score (nSPS) is 11.1. The Morgan fingerprint density at radius 2 is 2.00 bits per heavy atom. The van der Waals surface area contributed by atoms with Crippen molar-refractivity contribution in [3.63, 3.8) is 0 Å². The quantitative estimate of drug-likeness (QED) is 0.653. The summed E-state index contributed by atoms with van der Waals surface area (Å²) in [6.07, 6.45) is 0. The summed E-state index contributed by atoms with van der Waals surface area (Å²) in [6.45, 7) is 4.04. The summed E-state index contributed by atoms with van der Waals surface area (Å²) in [5.41, 5.74) is 10.6. The molecule has 0 bridgehead atoms. The molecule has 0 fully saturated rings. The van der Waals surface area contributed by atoms with E-state index in [1.165, 1.54) is 6.07 Å². The molecule has 4 heteroatoms. The van der Waals surface area contributed by atoms with Gasteiger partial charge in [-0.2, -0.15) is 0 Å². The number of nitrogen functional groups attached to an aromatic ring is 1. The first kappa shape index (κ1) is 11.7. The molecule has 0 atom stereocenters. The SMILES string of the molecule is Cc1cc(C)c2nc(-c3cccc(F)c3N)[nH]c2c1. The average Bonchev–Trinajstić information content (AvgIpc) is 2.76. The molecular weight excluding hydrogens is 241 g/mol. The third-order valence-electron chi connectivity index (χ3n) is 3.23. The maximum atomic E-state index is 13.5. The Hall–Kier alpha value is -2.36. The van der Waals surface area contributed by atoms with Gasteiger partial charge in [0.05, 0.1) is 16.7 Å². The molecule has 0 saturated heterocycles. The molecule has 0 unspecified atom stereocenters. The number of nitrogens with zero attached hydrogens (tertiary/aromatic N) is 1. The Kier molecular flexibility index (Phi) is 2.52. The fourth-order valence-corrected chi connectivity index (χ4v) is 2.34. The van der Waals surface area contributed by atoms with E-state index in [-0.39, 0.29) is 5.69 Å². The van der Waals surface area contributed by atoms with Crippen LogP contribution in [0.15, 0.2) is 30.3 Å². The van der Waals surface area contributed by atoms with Crippen molar-refractivity contribution in [3.05, 3.63) is 47.3 Å². The summed E-state index contributed by atoms with van der Waals surface area (Å²) in [5.74, 6) is 0.173. The maximum Gasteiger partial charge on any atom is 0.146 e. The van der Waals surface area contributed by atoms with Gasteiger partial charge in [0.15, 0.2) is 0 Å². The van der Waals surface area contributed by atoms with Crippen LogP contribution in [0, 0.1) is 19.7 Å². The summed E-state index contributed by atoms with van der Waals surface area (Å²) in [4.78, 5) is 7.73. The first-order chi connectivity index (χ1) is 9.06. The Balaban J connectivity index is 2.26. The predicted octanol–water partition coefficient (Wildman–Crippen LogP) is 3.57. The largest absolute Gasteiger partial charge is 0.396 e. The fourth-order valence-electron chi connectivity index (χ4n) is 2.34. The highest BCUT2D eigenvalue weighted by Crippen LogP contribution is 2.28. The number of benzene rings is 2. The van der Waals surface area contributed by atoms with Gasteiger partial charge in [-0.15, -0.1) is 0 Å². The highest BCUT2D eigenvalue weighted by atomic mass is 19.1. The minimum absolute atomic E-state index is 0.121. The molecule has 3 aromatic rings. The van der Waals surface area contributed by atoms with Crippen LogP contribution in [0.3, 0.4) is 0 Å². The molecule has 3 N–H and O–H groups in total. The summed E-state index contributed by atoms with van der Waals surface area (Å²) >= 11 is 0. The first-order valence-electron chi connectivity index (χ1n) is 6.07. The van der Waals surface area contributed by atoms with E-state index in [0.717, 1.165) is 22.2 Å². The summed E-state index contributed by atoms with van der Waals surface area (Å²) < 4.78 is 13.5. The van der Waals surface area contributed by atoms with E-state index in [4.69, 9.17) is 5.73 Å². The van der Waals surface area contributed by atoms with E-state index in [1.807, 2.05) is 19.9 Å². The van der Waals surface area contributed by atoms with Crippen LogP contribution in [0.1, 0.15) is 11.1 Å². The van der Waals surface area contributed by atoms with Gasteiger partial charge >= 0.3 is 0 Å². The van der Waals surface area contributed by atoms with Crippen molar-refractivity contribution in [2.45, 2.75) is 13.8 Å². The lowest BCUT2D eigenvalue weighted by Gasteiger charge is -2.02. The standard InChI is InChI=1S/C15H14FN3/c1-8-6-9(2)14-12(7-8)18-15(19-14)10-4-3-5-11(16)13(10)17/h3-7H,17H2,1-2H3,(H,18,19). The Morgan fingerprint density at radius 1 is 1.21 bits per heavy atom. The number of imidazole rings is 1. The van der Waals surface area contributed by atoms with Crippen LogP contribution >= 0.6 is 0 Å². The van der Waals surface area contributed by atoms with Crippen LogP contribution in [0.5, 0.6) is 0 Å². The van der Waals surface area contributed by atoms with Crippen molar-refractivity contribution >= 4 is 16.7 Å². The monoisotopic (exact) mass is 255 g/mol. The highest BCUT2D eigenvalue weighted by Gasteiger charge is 2.12. The van der Waals surface area contributed by atoms with E-state index in [2.05, 4.69) is 16.0 Å². The van der Waals surface area contributed by atoms with E-state index in [0.29, 0.717) is 11.4 Å². The number of halogens is 1. The second-order valence-electron chi connectivity index (χ2n) is 4.76. The molecule has 0 radical (unpaired) electrons. The molecule has 0 aliphatic rings. The number of fused-ring (bicyclic) bond motifs is 1. The number of aromatic nitrogens is 2. The number of anilines is 1. The minimum atomic E-state index is -0.425. The number of para-hydroxylation sites is 1. The molecule has 1 heterocycles. The van der Waals surface area contributed by atoms with Gasteiger partial charge in [-0.1, -0.05) is 12.1 Å². The number of hydrogen-bond donors (Lipinski definition) is 2. The molecular formula is C15H14FN3. The zero-order chi connectivity index (χ0) is 13.6. The molecule has 0 spiro atoms. The molecule has 0 aliphatic heterocycles. The van der Waals surface area contributed by atoms with Crippen LogP contribution in [0.25, 0.3) is 22.4 Å². The maximum absolute atomic E-state index is 13.5. The highest BCUT2D eigenvalue weighted by molar-refractivity contribution is 5.85. The molecule has 2 aromatic carbocycles. The van der Waals surface area contributed by atoms with Gasteiger partial charge < -0.3 is 10.7 Å². The van der Waals surface area contributed by atoms with E-state index in [1.54, 1.807) is 12.1 Å². The lowest BCUT2D eigenvalue weighted by atomic mass is 10.1. The van der Waals surface area contributed by atoms with Crippen molar-refractivity contribution in [1.29, 1.82) is 0 Å². The third-order valence-corrected chi connectivity index (χ3v) is 3.23. The van der Waals surface area contributed by atoms with Crippen molar-refractivity contribution in [2.24, 2.45) is 0 Å². The number of hydrogen-bond acceptors (Lipinski definition) is 2. The summed E-state index contributed by atoms with van der Waals surface area (Å²) in [7, 11) is 0. The van der Waals surface area contributed by atoms with Gasteiger partial charge in [-0.25, -0.2) is 9.37 Å². The van der Waals surface area contributed by atoms with Gasteiger partial charge in [-0.3, -0.25) is 0 Å². The number of H-pyrrole nitrogens is 1. The molecule has 0 saturated carbocycles. The lowest BCUT2D eigenvalue weighted by Crippen LogP contribution is -1.94. The molecule has 3 nitrogen and oxygen atoms in total. The van der Waals surface area contributed by atoms with Crippen molar-refractivity contribution in [3.8, 4) is 11.4 Å². The zero-order valence-corrected chi connectivity index (χ0v) is 10.8. The van der Waals surface area contributed by atoms with Crippen molar-refractivity contribution in [1.82, 2.24) is 9.97 Å². The van der Waals surface area contributed by atoms with Gasteiger partial charge in [0.2, 0.25) is 0 Å². The third kappa shape index (κ3) is 1.85. The Labute approximate surface area is 110 Å². The van der Waals surface area contributed by atoms with Crippen LogP contribution in [0.4, 0.5) is 10.1 Å². The van der Waals surface area contributed by atoms with Crippen LogP contribution < -0.4 is 5.73 Å². The van der Waals surface area contributed by atoms with Crippen LogP contribution in [-0.4, -0.2) is 9.97 Å². The molecule has 1 aromatic heterocycles. The zero-order valence-electron chi connectivity index (χ0n) is 10.8. The van der Waals surface area contributed by atoms with Crippen LogP contribution in [0.2, 0.25) is 0 Å². The van der Waals surface area contributed by atoms with Gasteiger partial charge in [0, 0.05) is 5.56 Å². The van der Waals surface area contributed by atoms with Gasteiger partial charge in [-0.05, 0) is 43.2 Å². The smallest absolute Gasteiger partial charge is 0.146 e. The van der Waals surface area contributed by atoms with Crippen molar-refractivity contribution < 1.29 is 4.39 Å². The summed E-state index contributed by atoms with van der Waals surface area (Å²) in [5, 5.41) is 0. The molecule has 96 valence electrons. The molecule has 19 heavy (non-hydrogen) atoms. The fraction of sp³-hybridized carbons (Fsp3) is 0.133. The number of aromatic amines is 1. The number of nitrogens with two attached hydrogens (primary N) is 1. The van der Waals surface area contributed by atoms with E-state index < -0.39 is 5.82 Å². The van der Waals surface area contributed by atoms with Gasteiger partial charge in [0.1, 0.15) is 11.6 Å². The molecule has 3 rings (SSSR count). The van der Waals surface area contributed by atoms with E-state index in [9.17, 15) is 4.39 Å². The Morgan fingerprint density at radius 3 is 2.79 bits per heavy atom. The first-order valence-corrected chi connectivity index (χ1v) is 6.07. The average molecular weight is 255 g/mol. The second kappa shape index (κ2) is 4.09. The lowest BCUT2D eigenvalue weighted by molar-refractivity contribution is 0.633. The number of nitrogens with one attached hydrogen (secondary N) is 1. The van der Waals surface area contributed by atoms with E-state index >= 15 is 0 Å².